The molecular weight excluding hydrogens is 282 g/mol. The van der Waals surface area contributed by atoms with E-state index in [1.54, 1.807) is 11.3 Å². The third-order valence-electron chi connectivity index (χ3n) is 3.07. The van der Waals surface area contributed by atoms with E-state index in [2.05, 4.69) is 60.8 Å². The van der Waals surface area contributed by atoms with Crippen LogP contribution in [0.4, 0.5) is 0 Å². The molecule has 2 aromatic carbocycles. The van der Waals surface area contributed by atoms with E-state index in [1.165, 1.54) is 21.0 Å². The maximum atomic E-state index is 4.72. The van der Waals surface area contributed by atoms with Crippen LogP contribution in [-0.2, 0) is 5.75 Å². The van der Waals surface area contributed by atoms with E-state index < -0.39 is 0 Å². The summed E-state index contributed by atoms with van der Waals surface area (Å²) in [6.45, 7) is 2.15. The molecule has 0 aliphatic carbocycles. The van der Waals surface area contributed by atoms with Crippen molar-refractivity contribution in [3.05, 3.63) is 70.5 Å². The number of hydrogen-bond acceptors (Lipinski definition) is 3. The average molecular weight is 297 g/mol. The van der Waals surface area contributed by atoms with E-state index in [9.17, 15) is 0 Å². The number of benzene rings is 2. The number of rotatable bonds is 4. The summed E-state index contributed by atoms with van der Waals surface area (Å²) in [6, 6.07) is 18.8. The third kappa shape index (κ3) is 3.11. The lowest BCUT2D eigenvalue weighted by atomic mass is 10.2. The second-order valence-corrected chi connectivity index (χ2v) is 6.51. The van der Waals surface area contributed by atoms with Crippen molar-refractivity contribution in [3.8, 4) is 11.3 Å². The normalized spacial score (nSPS) is 10.7. The van der Waals surface area contributed by atoms with Gasteiger partial charge in [0.25, 0.3) is 0 Å². The molecule has 3 aromatic rings. The first-order valence-corrected chi connectivity index (χ1v) is 8.38. The summed E-state index contributed by atoms with van der Waals surface area (Å²) in [5, 5.41) is 3.32. The number of aryl methyl sites for hydroxylation is 1. The van der Waals surface area contributed by atoms with Crippen LogP contribution in [0.25, 0.3) is 11.3 Å². The zero-order chi connectivity index (χ0) is 13.8. The summed E-state index contributed by atoms with van der Waals surface area (Å²) in [6.07, 6.45) is 0. The number of nitrogens with zero attached hydrogens (tertiary/aromatic N) is 1. The van der Waals surface area contributed by atoms with Crippen LogP contribution in [0.15, 0.2) is 64.9 Å². The van der Waals surface area contributed by atoms with Crippen molar-refractivity contribution in [1.82, 2.24) is 4.98 Å². The van der Waals surface area contributed by atoms with Gasteiger partial charge in [-0.05, 0) is 18.6 Å². The molecule has 20 heavy (non-hydrogen) atoms. The summed E-state index contributed by atoms with van der Waals surface area (Å²) in [7, 11) is 0. The van der Waals surface area contributed by atoms with Crippen LogP contribution in [0, 0.1) is 6.92 Å². The molecule has 0 spiro atoms. The van der Waals surface area contributed by atoms with Gasteiger partial charge in [0.2, 0.25) is 0 Å². The molecule has 0 aliphatic heterocycles. The lowest BCUT2D eigenvalue weighted by Crippen LogP contribution is -1.83. The monoisotopic (exact) mass is 297 g/mol. The Morgan fingerprint density at radius 3 is 2.55 bits per heavy atom. The van der Waals surface area contributed by atoms with Crippen LogP contribution in [0.5, 0.6) is 0 Å². The lowest BCUT2D eigenvalue weighted by molar-refractivity contribution is 1.25. The average Bonchev–Trinajstić information content (AvgIpc) is 2.96. The Hall–Kier alpha value is -1.58. The smallest absolute Gasteiger partial charge is 0.104 e. The summed E-state index contributed by atoms with van der Waals surface area (Å²) < 4.78 is 0. The zero-order valence-corrected chi connectivity index (χ0v) is 12.9. The minimum absolute atomic E-state index is 0.933. The molecule has 100 valence electrons. The first-order chi connectivity index (χ1) is 9.83. The van der Waals surface area contributed by atoms with Gasteiger partial charge in [-0.25, -0.2) is 4.98 Å². The highest BCUT2D eigenvalue weighted by atomic mass is 32.2. The molecule has 0 radical (unpaired) electrons. The Morgan fingerprint density at radius 2 is 1.75 bits per heavy atom. The van der Waals surface area contributed by atoms with Crippen LogP contribution in [-0.4, -0.2) is 4.98 Å². The van der Waals surface area contributed by atoms with Gasteiger partial charge in [0.15, 0.2) is 0 Å². The van der Waals surface area contributed by atoms with Gasteiger partial charge >= 0.3 is 0 Å². The Bertz CT molecular complexity index is 689. The van der Waals surface area contributed by atoms with Crippen LogP contribution in [0.1, 0.15) is 10.6 Å². The van der Waals surface area contributed by atoms with Crippen molar-refractivity contribution >= 4 is 23.1 Å². The van der Waals surface area contributed by atoms with Gasteiger partial charge < -0.3 is 0 Å². The van der Waals surface area contributed by atoms with Gasteiger partial charge in [-0.3, -0.25) is 0 Å². The molecule has 1 aromatic heterocycles. The molecule has 3 rings (SSSR count). The second-order valence-electron chi connectivity index (χ2n) is 4.55. The Kier molecular flexibility index (Phi) is 4.19. The minimum atomic E-state index is 0.933. The van der Waals surface area contributed by atoms with Gasteiger partial charge in [-0.1, -0.05) is 48.5 Å². The van der Waals surface area contributed by atoms with E-state index in [-0.39, 0.29) is 0 Å². The zero-order valence-electron chi connectivity index (χ0n) is 11.2. The number of hydrogen-bond donors (Lipinski definition) is 0. The molecule has 0 aliphatic rings. The molecule has 1 heterocycles. The van der Waals surface area contributed by atoms with Gasteiger partial charge in [-0.15, -0.1) is 23.1 Å². The van der Waals surface area contributed by atoms with Crippen LogP contribution in [0.3, 0.4) is 0 Å². The van der Waals surface area contributed by atoms with Crippen molar-refractivity contribution in [2.75, 3.05) is 0 Å². The molecule has 0 saturated carbocycles. The highest BCUT2D eigenvalue weighted by Gasteiger charge is 2.05. The standard InChI is InChI=1S/C17H15NS2/c1-13-7-5-6-10-16(13)19-12-17-18-15(11-20-17)14-8-3-2-4-9-14/h2-11H,12H2,1H3. The number of thioether (sulfide) groups is 1. The van der Waals surface area contributed by atoms with Crippen molar-refractivity contribution in [3.63, 3.8) is 0 Å². The van der Waals surface area contributed by atoms with E-state index in [0.717, 1.165) is 11.4 Å². The molecule has 0 N–H and O–H groups in total. The Morgan fingerprint density at radius 1 is 1.00 bits per heavy atom. The summed E-state index contributed by atoms with van der Waals surface area (Å²) >= 11 is 3.59. The molecule has 0 amide bonds. The summed E-state index contributed by atoms with van der Waals surface area (Å²) in [5.74, 6) is 0.933. The lowest BCUT2D eigenvalue weighted by Gasteiger charge is -2.02. The third-order valence-corrected chi connectivity index (χ3v) is 5.28. The molecule has 3 heteroatoms. The van der Waals surface area contributed by atoms with Crippen molar-refractivity contribution in [2.24, 2.45) is 0 Å². The molecule has 0 atom stereocenters. The largest absolute Gasteiger partial charge is 0.240 e. The van der Waals surface area contributed by atoms with Gasteiger partial charge in [0, 0.05) is 15.8 Å². The Labute approximate surface area is 127 Å². The second kappa shape index (κ2) is 6.25. The van der Waals surface area contributed by atoms with Crippen LogP contribution >= 0.6 is 23.1 Å². The first kappa shape index (κ1) is 13.4. The molecular formula is C17H15NS2. The fourth-order valence-corrected chi connectivity index (χ4v) is 3.83. The number of thiazole rings is 1. The van der Waals surface area contributed by atoms with Crippen molar-refractivity contribution in [1.29, 1.82) is 0 Å². The van der Waals surface area contributed by atoms with E-state index >= 15 is 0 Å². The maximum Gasteiger partial charge on any atom is 0.104 e. The highest BCUT2D eigenvalue weighted by Crippen LogP contribution is 2.29. The fourth-order valence-electron chi connectivity index (χ4n) is 1.98. The molecule has 1 nitrogen and oxygen atoms in total. The first-order valence-electron chi connectivity index (χ1n) is 6.51. The fraction of sp³-hybridized carbons (Fsp3) is 0.118. The predicted molar refractivity (Wildman–Crippen MR) is 88.3 cm³/mol. The topological polar surface area (TPSA) is 12.9 Å². The minimum Gasteiger partial charge on any atom is -0.240 e. The molecule has 0 fully saturated rings. The van der Waals surface area contributed by atoms with E-state index in [4.69, 9.17) is 4.98 Å². The van der Waals surface area contributed by atoms with Gasteiger partial charge in [-0.2, -0.15) is 0 Å². The summed E-state index contributed by atoms with van der Waals surface area (Å²) in [4.78, 5) is 6.06. The summed E-state index contributed by atoms with van der Waals surface area (Å²) in [5.41, 5.74) is 3.60. The maximum absolute atomic E-state index is 4.72. The van der Waals surface area contributed by atoms with Crippen LogP contribution in [0.2, 0.25) is 0 Å². The van der Waals surface area contributed by atoms with E-state index in [1.807, 2.05) is 17.8 Å². The SMILES string of the molecule is Cc1ccccc1SCc1nc(-c2ccccc2)cs1. The molecule has 0 bridgehead atoms. The highest BCUT2D eigenvalue weighted by molar-refractivity contribution is 7.98. The predicted octanol–water partition coefficient (Wildman–Crippen LogP) is 5.41. The van der Waals surface area contributed by atoms with Crippen molar-refractivity contribution < 1.29 is 0 Å². The van der Waals surface area contributed by atoms with Gasteiger partial charge in [0.1, 0.15) is 5.01 Å². The van der Waals surface area contributed by atoms with Crippen molar-refractivity contribution in [2.45, 2.75) is 17.6 Å². The Balaban J connectivity index is 1.71. The molecule has 0 saturated heterocycles. The number of aromatic nitrogens is 1. The van der Waals surface area contributed by atoms with Gasteiger partial charge in [0.05, 0.1) is 11.4 Å². The quantitative estimate of drug-likeness (QED) is 0.597. The molecule has 0 unspecified atom stereocenters. The van der Waals surface area contributed by atoms with Crippen LogP contribution < -0.4 is 0 Å². The van der Waals surface area contributed by atoms with E-state index in [0.29, 0.717) is 0 Å².